The van der Waals surface area contributed by atoms with Crippen LogP contribution in [0.15, 0.2) is 30.5 Å². The van der Waals surface area contributed by atoms with E-state index in [1.165, 1.54) is 25.0 Å². The molecule has 0 atom stereocenters. The van der Waals surface area contributed by atoms with Crippen LogP contribution in [0.3, 0.4) is 0 Å². The number of halogens is 1. The zero-order chi connectivity index (χ0) is 19.3. The molecule has 2 heterocycles. The zero-order valence-corrected chi connectivity index (χ0v) is 15.8. The minimum absolute atomic E-state index is 0.209. The summed E-state index contributed by atoms with van der Waals surface area (Å²) < 4.78 is 17.0. The van der Waals surface area contributed by atoms with Gasteiger partial charge in [0.25, 0.3) is 5.91 Å². The topological polar surface area (TPSA) is 64.7 Å². The third-order valence-electron chi connectivity index (χ3n) is 5.60. The number of carbonyl (C=O) groups excluding carboxylic acids is 1. The summed E-state index contributed by atoms with van der Waals surface area (Å²) in [7, 11) is 0. The Balaban J connectivity index is 1.47. The summed E-state index contributed by atoms with van der Waals surface area (Å²) in [6.07, 6.45) is 6.93. The number of fused-ring (bicyclic) bond motifs is 1. The fraction of sp³-hybridized carbons (Fsp3) is 0.381. The van der Waals surface area contributed by atoms with E-state index in [0.29, 0.717) is 11.6 Å². The van der Waals surface area contributed by atoms with Gasteiger partial charge in [-0.05, 0) is 69.2 Å². The number of carbonyl (C=O) groups is 1. The molecular weight excluding hydrogens is 357 g/mol. The molecule has 2 aromatic heterocycles. The Kier molecular flexibility index (Phi) is 4.03. The van der Waals surface area contributed by atoms with Crippen molar-refractivity contribution >= 4 is 11.7 Å². The van der Waals surface area contributed by atoms with Gasteiger partial charge in [0.2, 0.25) is 0 Å². The summed E-state index contributed by atoms with van der Waals surface area (Å²) in [4.78, 5) is 13.1. The fourth-order valence-corrected chi connectivity index (χ4v) is 3.91. The summed E-state index contributed by atoms with van der Waals surface area (Å²) in [6, 6.07) is 6.21. The number of aromatic nitrogens is 4. The van der Waals surface area contributed by atoms with Crippen LogP contribution in [-0.2, 0) is 19.4 Å². The number of rotatable bonds is 5. The molecule has 0 unspecified atom stereocenters. The molecule has 1 saturated carbocycles. The summed E-state index contributed by atoms with van der Waals surface area (Å²) in [6.45, 7) is 2.79. The number of amides is 1. The van der Waals surface area contributed by atoms with E-state index < -0.39 is 0 Å². The van der Waals surface area contributed by atoms with Crippen LogP contribution in [0.4, 0.5) is 10.2 Å². The van der Waals surface area contributed by atoms with Gasteiger partial charge in [0.15, 0.2) is 5.69 Å². The second-order valence-electron chi connectivity index (χ2n) is 7.77. The monoisotopic (exact) mass is 379 g/mol. The molecule has 3 aromatic rings. The molecule has 1 fully saturated rings. The largest absolute Gasteiger partial charge is 0.305 e. The van der Waals surface area contributed by atoms with Crippen LogP contribution >= 0.6 is 0 Å². The van der Waals surface area contributed by atoms with E-state index in [0.717, 1.165) is 54.1 Å². The number of anilines is 1. The summed E-state index contributed by atoms with van der Waals surface area (Å²) >= 11 is 0. The van der Waals surface area contributed by atoms with Gasteiger partial charge in [-0.3, -0.25) is 4.79 Å². The highest BCUT2D eigenvalue weighted by Gasteiger charge is 2.29. The quantitative estimate of drug-likeness (QED) is 0.736. The minimum Gasteiger partial charge on any atom is -0.305 e. The van der Waals surface area contributed by atoms with Gasteiger partial charge >= 0.3 is 0 Å². The molecular formula is C21H22FN5O. The molecule has 0 radical (unpaired) electrons. The number of nitrogens with zero attached hydrogens (tertiary/aromatic N) is 4. The highest BCUT2D eigenvalue weighted by atomic mass is 19.1. The number of benzene rings is 1. The van der Waals surface area contributed by atoms with E-state index in [4.69, 9.17) is 0 Å². The van der Waals surface area contributed by atoms with Crippen molar-refractivity contribution in [2.45, 2.75) is 45.6 Å². The molecule has 6 nitrogen and oxygen atoms in total. The lowest BCUT2D eigenvalue weighted by Gasteiger charge is -2.09. The van der Waals surface area contributed by atoms with Crippen LogP contribution < -0.4 is 5.32 Å². The van der Waals surface area contributed by atoms with Crippen LogP contribution in [0.25, 0.3) is 5.69 Å². The van der Waals surface area contributed by atoms with Gasteiger partial charge < -0.3 is 5.32 Å². The van der Waals surface area contributed by atoms with Gasteiger partial charge in [0, 0.05) is 23.4 Å². The second-order valence-corrected chi connectivity index (χ2v) is 7.77. The predicted octanol–water partition coefficient (Wildman–Crippen LogP) is 3.67. The number of hydrogen-bond acceptors (Lipinski definition) is 3. The van der Waals surface area contributed by atoms with Gasteiger partial charge in [-0.2, -0.15) is 10.2 Å². The van der Waals surface area contributed by atoms with Crippen molar-refractivity contribution in [2.24, 2.45) is 5.92 Å². The van der Waals surface area contributed by atoms with Gasteiger partial charge in [-0.1, -0.05) is 0 Å². The van der Waals surface area contributed by atoms with Crippen molar-refractivity contribution in [3.8, 4) is 5.69 Å². The molecule has 7 heteroatoms. The maximum absolute atomic E-state index is 13.3. The van der Waals surface area contributed by atoms with Crippen LogP contribution in [0, 0.1) is 18.7 Å². The lowest BCUT2D eigenvalue weighted by Crippen LogP contribution is -2.19. The van der Waals surface area contributed by atoms with Gasteiger partial charge in [0.05, 0.1) is 11.9 Å². The van der Waals surface area contributed by atoms with Gasteiger partial charge in [-0.25, -0.2) is 13.8 Å². The average Bonchev–Trinajstić information content (AvgIpc) is 3.08. The maximum Gasteiger partial charge on any atom is 0.277 e. The maximum atomic E-state index is 13.3. The molecule has 0 aliphatic heterocycles. The van der Waals surface area contributed by atoms with Crippen LogP contribution in [0.5, 0.6) is 0 Å². The van der Waals surface area contributed by atoms with Crippen molar-refractivity contribution in [1.82, 2.24) is 19.6 Å². The Morgan fingerprint density at radius 2 is 2.04 bits per heavy atom. The first kappa shape index (κ1) is 17.2. The van der Waals surface area contributed by atoms with Crippen molar-refractivity contribution in [1.29, 1.82) is 0 Å². The Hall–Kier alpha value is -2.96. The highest BCUT2D eigenvalue weighted by molar-refractivity contribution is 6.04. The van der Waals surface area contributed by atoms with Crippen LogP contribution in [0.1, 0.15) is 46.6 Å². The highest BCUT2D eigenvalue weighted by Crippen LogP contribution is 2.32. The van der Waals surface area contributed by atoms with E-state index in [2.05, 4.69) is 15.5 Å². The van der Waals surface area contributed by atoms with E-state index in [-0.39, 0.29) is 11.7 Å². The third kappa shape index (κ3) is 3.00. The van der Waals surface area contributed by atoms with Crippen molar-refractivity contribution < 1.29 is 9.18 Å². The summed E-state index contributed by atoms with van der Waals surface area (Å²) in [5, 5.41) is 12.1. The van der Waals surface area contributed by atoms with Gasteiger partial charge in [-0.15, -0.1) is 0 Å². The molecule has 5 rings (SSSR count). The predicted molar refractivity (Wildman–Crippen MR) is 103 cm³/mol. The van der Waals surface area contributed by atoms with Crippen molar-refractivity contribution in [3.05, 3.63) is 58.8 Å². The lowest BCUT2D eigenvalue weighted by atomic mass is 10.2. The van der Waals surface area contributed by atoms with Crippen molar-refractivity contribution in [3.63, 3.8) is 0 Å². The fourth-order valence-electron chi connectivity index (χ4n) is 3.91. The molecule has 28 heavy (non-hydrogen) atoms. The number of hydrogen-bond donors (Lipinski definition) is 1. The number of nitrogens with one attached hydrogen (secondary N) is 1. The first-order valence-corrected chi connectivity index (χ1v) is 9.80. The molecule has 1 amide bonds. The van der Waals surface area contributed by atoms with Gasteiger partial charge in [0.1, 0.15) is 11.6 Å². The van der Waals surface area contributed by atoms with Crippen LogP contribution in [-0.4, -0.2) is 25.5 Å². The average molecular weight is 379 g/mol. The number of aryl methyl sites for hydroxylation is 1. The Labute approximate surface area is 162 Å². The Bertz CT molecular complexity index is 1050. The normalized spacial score (nSPS) is 15.6. The lowest BCUT2D eigenvalue weighted by molar-refractivity contribution is 0.102. The van der Waals surface area contributed by atoms with E-state index in [1.54, 1.807) is 23.0 Å². The second kappa shape index (κ2) is 6.58. The molecule has 1 N–H and O–H groups in total. The molecule has 0 saturated heterocycles. The van der Waals surface area contributed by atoms with Crippen LogP contribution in [0.2, 0.25) is 0 Å². The molecule has 144 valence electrons. The molecule has 2 aliphatic rings. The smallest absolute Gasteiger partial charge is 0.277 e. The van der Waals surface area contributed by atoms with E-state index >= 15 is 0 Å². The van der Waals surface area contributed by atoms with E-state index in [9.17, 15) is 9.18 Å². The summed E-state index contributed by atoms with van der Waals surface area (Å²) in [5.41, 5.74) is 4.21. The molecule has 0 spiro atoms. The first-order chi connectivity index (χ1) is 13.6. The Morgan fingerprint density at radius 1 is 1.25 bits per heavy atom. The Morgan fingerprint density at radius 3 is 2.79 bits per heavy atom. The third-order valence-corrected chi connectivity index (χ3v) is 5.60. The molecule has 1 aromatic carbocycles. The van der Waals surface area contributed by atoms with E-state index in [1.807, 2.05) is 11.6 Å². The molecule has 0 bridgehead atoms. The standard InChI is InChI=1S/C21H22FN5O/c1-13-11-23-26(12-14-5-6-14)20(13)24-21(28)19-17-3-2-4-18(17)27(25-19)16-9-7-15(22)8-10-16/h7-11,14H,2-6,12H2,1H3,(H,24,28). The SMILES string of the molecule is Cc1cnn(CC2CC2)c1NC(=O)c1nn(-c2ccc(F)cc2)c2c1CCC2. The molecule has 2 aliphatic carbocycles. The minimum atomic E-state index is -0.287. The van der Waals surface area contributed by atoms with Crippen molar-refractivity contribution in [2.75, 3.05) is 5.32 Å². The summed E-state index contributed by atoms with van der Waals surface area (Å²) in [5.74, 6) is 0.918. The first-order valence-electron chi connectivity index (χ1n) is 9.80. The zero-order valence-electron chi connectivity index (χ0n) is 15.8.